The summed E-state index contributed by atoms with van der Waals surface area (Å²) < 4.78 is 0. The molecule has 5 heteroatoms. The molecule has 1 heterocycles. The molecule has 0 aromatic heterocycles. The highest BCUT2D eigenvalue weighted by Gasteiger charge is 2.21. The number of aryl methyl sites for hydroxylation is 1. The quantitative estimate of drug-likeness (QED) is 0.792. The summed E-state index contributed by atoms with van der Waals surface area (Å²) in [5.74, 6) is 0.164. The summed E-state index contributed by atoms with van der Waals surface area (Å²) in [7, 11) is 0. The summed E-state index contributed by atoms with van der Waals surface area (Å²) in [4.78, 5) is 25.4. The fourth-order valence-electron chi connectivity index (χ4n) is 2.96. The first-order chi connectivity index (χ1) is 12.2. The van der Waals surface area contributed by atoms with Gasteiger partial charge in [-0.3, -0.25) is 4.79 Å². The van der Waals surface area contributed by atoms with Crippen molar-refractivity contribution in [3.8, 4) is 0 Å². The van der Waals surface area contributed by atoms with Gasteiger partial charge in [0.1, 0.15) is 0 Å². The fraction of sp³-hybridized carbons (Fsp3) is 0.300. The lowest BCUT2D eigenvalue weighted by Crippen LogP contribution is -2.29. The van der Waals surface area contributed by atoms with Crippen LogP contribution in [-0.4, -0.2) is 25.0 Å². The van der Waals surface area contributed by atoms with Gasteiger partial charge < -0.3 is 15.5 Å². The summed E-state index contributed by atoms with van der Waals surface area (Å²) in [5, 5.41) is 5.68. The number of carbonyl (C=O) groups excluding carboxylic acids is 2. The van der Waals surface area contributed by atoms with E-state index in [0.717, 1.165) is 37.2 Å². The maximum Gasteiger partial charge on any atom is 0.319 e. The third-order valence-electron chi connectivity index (χ3n) is 4.28. The van der Waals surface area contributed by atoms with Crippen molar-refractivity contribution in [2.75, 3.05) is 23.3 Å². The second-order valence-electron chi connectivity index (χ2n) is 6.17. The van der Waals surface area contributed by atoms with Gasteiger partial charge in [-0.15, -0.1) is 0 Å². The summed E-state index contributed by atoms with van der Waals surface area (Å²) in [6.45, 7) is 1.40. The van der Waals surface area contributed by atoms with Crippen LogP contribution in [0.5, 0.6) is 0 Å². The number of carbonyl (C=O) groups is 2. The molecular weight excluding hydrogens is 314 g/mol. The van der Waals surface area contributed by atoms with Crippen molar-refractivity contribution in [3.63, 3.8) is 0 Å². The number of hydrogen-bond acceptors (Lipinski definition) is 2. The van der Waals surface area contributed by atoms with Gasteiger partial charge in [0.2, 0.25) is 5.91 Å². The number of urea groups is 1. The molecule has 2 aromatic carbocycles. The minimum absolute atomic E-state index is 0.164. The van der Waals surface area contributed by atoms with E-state index in [1.807, 2.05) is 42.5 Å². The van der Waals surface area contributed by atoms with Crippen molar-refractivity contribution in [2.24, 2.45) is 0 Å². The largest absolute Gasteiger partial charge is 0.338 e. The number of nitrogens with one attached hydrogen (secondary N) is 2. The van der Waals surface area contributed by atoms with Crippen LogP contribution in [0.15, 0.2) is 54.6 Å². The molecule has 5 nitrogen and oxygen atoms in total. The zero-order chi connectivity index (χ0) is 17.5. The molecule has 130 valence electrons. The Morgan fingerprint density at radius 1 is 1.04 bits per heavy atom. The van der Waals surface area contributed by atoms with Gasteiger partial charge in [-0.05, 0) is 49.1 Å². The molecule has 0 atom stereocenters. The first-order valence-electron chi connectivity index (χ1n) is 8.71. The molecule has 1 fully saturated rings. The average Bonchev–Trinajstić information content (AvgIpc) is 3.06. The summed E-state index contributed by atoms with van der Waals surface area (Å²) in [6, 6.07) is 17.4. The van der Waals surface area contributed by atoms with Crippen LogP contribution in [0.1, 0.15) is 24.8 Å². The Bertz CT molecular complexity index is 713. The highest BCUT2D eigenvalue weighted by Crippen LogP contribution is 2.22. The molecule has 3 amide bonds. The molecular formula is C20H23N3O2. The fourth-order valence-corrected chi connectivity index (χ4v) is 2.96. The molecule has 0 spiro atoms. The first kappa shape index (κ1) is 17.0. The zero-order valence-corrected chi connectivity index (χ0v) is 14.2. The minimum Gasteiger partial charge on any atom is -0.338 e. The topological polar surface area (TPSA) is 61.4 Å². The van der Waals surface area contributed by atoms with Crippen LogP contribution in [0, 0.1) is 0 Å². The van der Waals surface area contributed by atoms with E-state index in [0.29, 0.717) is 13.0 Å². The smallest absolute Gasteiger partial charge is 0.319 e. The lowest BCUT2D eigenvalue weighted by atomic mass is 10.1. The predicted octanol–water partition coefficient (Wildman–Crippen LogP) is 3.57. The van der Waals surface area contributed by atoms with E-state index in [1.165, 1.54) is 5.56 Å². The van der Waals surface area contributed by atoms with E-state index < -0.39 is 0 Å². The monoisotopic (exact) mass is 337 g/mol. The van der Waals surface area contributed by atoms with Crippen molar-refractivity contribution in [2.45, 2.75) is 25.7 Å². The number of hydrogen-bond donors (Lipinski definition) is 2. The lowest BCUT2D eigenvalue weighted by Gasteiger charge is -2.16. The standard InChI is InChI=1S/C20H23N3O2/c24-19-9-5-15-23(19)18-12-10-17(11-13-18)22-20(25)21-14-4-8-16-6-2-1-3-7-16/h1-3,6-7,10-13H,4-5,8-9,14-15H2,(H2,21,22,25). The van der Waals surface area contributed by atoms with Gasteiger partial charge in [0.05, 0.1) is 0 Å². The van der Waals surface area contributed by atoms with Crippen LogP contribution in [-0.2, 0) is 11.2 Å². The Kier molecular flexibility index (Phi) is 5.67. The van der Waals surface area contributed by atoms with Crippen molar-refractivity contribution in [1.82, 2.24) is 5.32 Å². The van der Waals surface area contributed by atoms with Gasteiger partial charge in [-0.2, -0.15) is 0 Å². The van der Waals surface area contributed by atoms with E-state index in [1.54, 1.807) is 4.90 Å². The highest BCUT2D eigenvalue weighted by molar-refractivity contribution is 5.96. The summed E-state index contributed by atoms with van der Waals surface area (Å²) >= 11 is 0. The van der Waals surface area contributed by atoms with Gasteiger partial charge in [-0.25, -0.2) is 4.79 Å². The maximum absolute atomic E-state index is 11.9. The van der Waals surface area contributed by atoms with E-state index in [-0.39, 0.29) is 11.9 Å². The molecule has 0 aliphatic carbocycles. The van der Waals surface area contributed by atoms with Gasteiger partial charge in [0, 0.05) is 30.9 Å². The van der Waals surface area contributed by atoms with E-state index >= 15 is 0 Å². The zero-order valence-electron chi connectivity index (χ0n) is 14.2. The Morgan fingerprint density at radius 3 is 2.48 bits per heavy atom. The molecule has 1 aliphatic heterocycles. The molecule has 25 heavy (non-hydrogen) atoms. The molecule has 1 aliphatic rings. The molecule has 1 saturated heterocycles. The second-order valence-corrected chi connectivity index (χ2v) is 6.17. The van der Waals surface area contributed by atoms with Gasteiger partial charge in [0.25, 0.3) is 0 Å². The van der Waals surface area contributed by atoms with Crippen molar-refractivity contribution in [3.05, 3.63) is 60.2 Å². The van der Waals surface area contributed by atoms with Crippen molar-refractivity contribution in [1.29, 1.82) is 0 Å². The number of benzene rings is 2. The lowest BCUT2D eigenvalue weighted by molar-refractivity contribution is -0.117. The molecule has 0 saturated carbocycles. The van der Waals surface area contributed by atoms with E-state index in [9.17, 15) is 9.59 Å². The molecule has 2 N–H and O–H groups in total. The highest BCUT2D eigenvalue weighted by atomic mass is 16.2. The molecule has 3 rings (SSSR count). The third kappa shape index (κ3) is 4.83. The van der Waals surface area contributed by atoms with Crippen LogP contribution in [0.2, 0.25) is 0 Å². The van der Waals surface area contributed by atoms with Crippen LogP contribution >= 0.6 is 0 Å². The van der Waals surface area contributed by atoms with Crippen LogP contribution in [0.3, 0.4) is 0 Å². The molecule has 0 radical (unpaired) electrons. The van der Waals surface area contributed by atoms with Gasteiger partial charge in [0.15, 0.2) is 0 Å². The van der Waals surface area contributed by atoms with Crippen molar-refractivity contribution < 1.29 is 9.59 Å². The third-order valence-corrected chi connectivity index (χ3v) is 4.28. The van der Waals surface area contributed by atoms with Crippen LogP contribution < -0.4 is 15.5 Å². The van der Waals surface area contributed by atoms with Crippen molar-refractivity contribution >= 4 is 23.3 Å². The Labute approximate surface area is 148 Å². The van der Waals surface area contributed by atoms with Gasteiger partial charge >= 0.3 is 6.03 Å². The average molecular weight is 337 g/mol. The predicted molar refractivity (Wildman–Crippen MR) is 99.8 cm³/mol. The van der Waals surface area contributed by atoms with Crippen LogP contribution in [0.4, 0.5) is 16.2 Å². The van der Waals surface area contributed by atoms with E-state index in [4.69, 9.17) is 0 Å². The normalized spacial score (nSPS) is 13.8. The van der Waals surface area contributed by atoms with E-state index in [2.05, 4.69) is 22.8 Å². The first-order valence-corrected chi connectivity index (χ1v) is 8.71. The number of amides is 3. The SMILES string of the molecule is O=C(NCCCc1ccccc1)Nc1ccc(N2CCCC2=O)cc1. The number of nitrogens with zero attached hydrogens (tertiary/aromatic N) is 1. The minimum atomic E-state index is -0.210. The summed E-state index contributed by atoms with van der Waals surface area (Å²) in [6.07, 6.45) is 3.36. The molecule has 0 unspecified atom stereocenters. The Hall–Kier alpha value is -2.82. The second kappa shape index (κ2) is 8.33. The molecule has 0 bridgehead atoms. The van der Waals surface area contributed by atoms with Crippen LogP contribution in [0.25, 0.3) is 0 Å². The summed E-state index contributed by atoms with van der Waals surface area (Å²) in [5.41, 5.74) is 2.88. The maximum atomic E-state index is 11.9. The Balaban J connectivity index is 1.41. The van der Waals surface area contributed by atoms with Gasteiger partial charge in [-0.1, -0.05) is 30.3 Å². The number of anilines is 2. The molecule has 2 aromatic rings. The Morgan fingerprint density at radius 2 is 1.80 bits per heavy atom. The number of rotatable bonds is 6.